The molecule has 0 spiro atoms. The van der Waals surface area contributed by atoms with E-state index in [-0.39, 0.29) is 18.1 Å². The number of carbonyl (C=O) groups excluding carboxylic acids is 1. The third-order valence-corrected chi connectivity index (χ3v) is 3.99. The van der Waals surface area contributed by atoms with Crippen molar-refractivity contribution < 1.29 is 14.3 Å². The van der Waals surface area contributed by atoms with Crippen molar-refractivity contribution in [1.29, 1.82) is 0 Å². The number of ether oxygens (including phenoxy) is 2. The standard InChI is InChI=1S/C17H20N4O3/c1-23-15-10-18-11-16(21-15)24-13-7-5-12(6-8-13)20-17(22)14-4-2-3-9-19-14/h2-4,9-13H,5-8H2,1H3,(H,20,22). The summed E-state index contributed by atoms with van der Waals surface area (Å²) < 4.78 is 10.9. The van der Waals surface area contributed by atoms with Gasteiger partial charge in [-0.25, -0.2) is 0 Å². The summed E-state index contributed by atoms with van der Waals surface area (Å²) in [5.74, 6) is 0.776. The van der Waals surface area contributed by atoms with Crippen LogP contribution in [-0.2, 0) is 0 Å². The molecule has 1 saturated carbocycles. The van der Waals surface area contributed by atoms with Crippen LogP contribution in [0.25, 0.3) is 0 Å². The Bertz CT molecular complexity index is 673. The number of nitrogens with zero attached hydrogens (tertiary/aromatic N) is 3. The number of amides is 1. The van der Waals surface area contributed by atoms with Gasteiger partial charge in [-0.2, -0.15) is 4.98 Å². The molecule has 0 saturated heterocycles. The average molecular weight is 328 g/mol. The topological polar surface area (TPSA) is 86.2 Å². The first kappa shape index (κ1) is 16.2. The largest absolute Gasteiger partial charge is 0.480 e. The first-order valence-electron chi connectivity index (χ1n) is 7.99. The third kappa shape index (κ3) is 4.18. The molecule has 1 N–H and O–H groups in total. The van der Waals surface area contributed by atoms with Gasteiger partial charge in [0, 0.05) is 12.2 Å². The molecule has 0 aromatic carbocycles. The van der Waals surface area contributed by atoms with E-state index in [0.29, 0.717) is 17.5 Å². The second kappa shape index (κ2) is 7.72. The zero-order valence-electron chi connectivity index (χ0n) is 13.5. The van der Waals surface area contributed by atoms with Crippen LogP contribution in [0.2, 0.25) is 0 Å². The lowest BCUT2D eigenvalue weighted by Crippen LogP contribution is -2.40. The Morgan fingerprint density at radius 1 is 1.17 bits per heavy atom. The maximum atomic E-state index is 12.1. The van der Waals surface area contributed by atoms with E-state index in [1.165, 1.54) is 6.20 Å². The highest BCUT2D eigenvalue weighted by atomic mass is 16.5. The van der Waals surface area contributed by atoms with Crippen LogP contribution in [0.4, 0.5) is 0 Å². The van der Waals surface area contributed by atoms with E-state index in [1.807, 2.05) is 6.07 Å². The van der Waals surface area contributed by atoms with Gasteiger partial charge in [0.25, 0.3) is 5.91 Å². The number of pyridine rings is 1. The quantitative estimate of drug-likeness (QED) is 0.903. The normalized spacial score (nSPS) is 20.2. The van der Waals surface area contributed by atoms with Crippen LogP contribution in [0, 0.1) is 0 Å². The summed E-state index contributed by atoms with van der Waals surface area (Å²) in [4.78, 5) is 24.4. The number of aromatic nitrogens is 3. The molecule has 7 heteroatoms. The van der Waals surface area contributed by atoms with Crippen molar-refractivity contribution in [1.82, 2.24) is 20.3 Å². The summed E-state index contributed by atoms with van der Waals surface area (Å²) in [5, 5.41) is 3.03. The fraction of sp³-hybridized carbons (Fsp3) is 0.412. The zero-order valence-corrected chi connectivity index (χ0v) is 13.5. The zero-order chi connectivity index (χ0) is 16.8. The van der Waals surface area contributed by atoms with Crippen molar-refractivity contribution >= 4 is 5.91 Å². The molecule has 1 aliphatic carbocycles. The van der Waals surface area contributed by atoms with Gasteiger partial charge >= 0.3 is 0 Å². The van der Waals surface area contributed by atoms with Crippen molar-refractivity contribution in [3.05, 3.63) is 42.5 Å². The monoisotopic (exact) mass is 328 g/mol. The van der Waals surface area contributed by atoms with Crippen LogP contribution < -0.4 is 14.8 Å². The molecule has 0 atom stereocenters. The molecule has 7 nitrogen and oxygen atoms in total. The fourth-order valence-electron chi connectivity index (χ4n) is 2.74. The molecule has 2 heterocycles. The minimum atomic E-state index is -0.126. The molecular weight excluding hydrogens is 308 g/mol. The lowest BCUT2D eigenvalue weighted by Gasteiger charge is -2.29. The highest BCUT2D eigenvalue weighted by molar-refractivity contribution is 5.92. The van der Waals surface area contributed by atoms with E-state index in [9.17, 15) is 4.79 Å². The summed E-state index contributed by atoms with van der Waals surface area (Å²) in [5.41, 5.74) is 0.447. The highest BCUT2D eigenvalue weighted by Gasteiger charge is 2.24. The van der Waals surface area contributed by atoms with Crippen LogP contribution in [0.15, 0.2) is 36.8 Å². The number of nitrogens with one attached hydrogen (secondary N) is 1. The number of hydrogen-bond acceptors (Lipinski definition) is 6. The Balaban J connectivity index is 1.48. The molecule has 0 aliphatic heterocycles. The van der Waals surface area contributed by atoms with Crippen LogP contribution in [0.5, 0.6) is 11.8 Å². The first-order valence-corrected chi connectivity index (χ1v) is 7.99. The molecule has 1 fully saturated rings. The molecule has 1 amide bonds. The van der Waals surface area contributed by atoms with E-state index in [2.05, 4.69) is 20.3 Å². The summed E-state index contributed by atoms with van der Waals surface area (Å²) in [6.07, 6.45) is 8.25. The van der Waals surface area contributed by atoms with Crippen LogP contribution in [0.1, 0.15) is 36.2 Å². The Hall–Kier alpha value is -2.70. The molecule has 2 aromatic heterocycles. The molecule has 3 rings (SSSR count). The van der Waals surface area contributed by atoms with Gasteiger partial charge in [-0.3, -0.25) is 14.8 Å². The molecule has 126 valence electrons. The predicted octanol–water partition coefficient (Wildman–Crippen LogP) is 2.00. The highest BCUT2D eigenvalue weighted by Crippen LogP contribution is 2.23. The van der Waals surface area contributed by atoms with Crippen LogP contribution >= 0.6 is 0 Å². The number of methoxy groups -OCH3 is 1. The van der Waals surface area contributed by atoms with Gasteiger partial charge < -0.3 is 14.8 Å². The van der Waals surface area contributed by atoms with Gasteiger partial charge in [-0.05, 0) is 37.8 Å². The first-order chi connectivity index (χ1) is 11.7. The van der Waals surface area contributed by atoms with Crippen molar-refractivity contribution in [2.24, 2.45) is 0 Å². The average Bonchev–Trinajstić information content (AvgIpc) is 2.64. The Morgan fingerprint density at radius 2 is 1.96 bits per heavy atom. The number of carbonyl (C=O) groups is 1. The number of rotatable bonds is 5. The SMILES string of the molecule is COc1cncc(OC2CCC(NC(=O)c3ccccn3)CC2)n1. The summed E-state index contributed by atoms with van der Waals surface area (Å²) in [6.45, 7) is 0. The molecule has 24 heavy (non-hydrogen) atoms. The Morgan fingerprint density at radius 3 is 2.67 bits per heavy atom. The molecule has 2 aromatic rings. The van der Waals surface area contributed by atoms with Gasteiger partial charge in [0.05, 0.1) is 19.5 Å². The second-order valence-electron chi connectivity index (χ2n) is 5.68. The van der Waals surface area contributed by atoms with E-state index >= 15 is 0 Å². The van der Waals surface area contributed by atoms with Crippen molar-refractivity contribution in [3.63, 3.8) is 0 Å². The maximum absolute atomic E-state index is 12.1. The van der Waals surface area contributed by atoms with Gasteiger partial charge in [0.15, 0.2) is 0 Å². The Labute approximate surface area is 140 Å². The summed E-state index contributed by atoms with van der Waals surface area (Å²) in [7, 11) is 1.54. The lowest BCUT2D eigenvalue weighted by atomic mass is 9.93. The van der Waals surface area contributed by atoms with Crippen LogP contribution in [0.3, 0.4) is 0 Å². The lowest BCUT2D eigenvalue weighted by molar-refractivity contribution is 0.0884. The van der Waals surface area contributed by atoms with Gasteiger partial charge in [-0.1, -0.05) is 6.07 Å². The predicted molar refractivity (Wildman–Crippen MR) is 87.0 cm³/mol. The summed E-state index contributed by atoms with van der Waals surface area (Å²) >= 11 is 0. The van der Waals surface area contributed by atoms with E-state index < -0.39 is 0 Å². The smallest absolute Gasteiger partial charge is 0.270 e. The van der Waals surface area contributed by atoms with Crippen LogP contribution in [-0.4, -0.2) is 40.1 Å². The summed E-state index contributed by atoms with van der Waals surface area (Å²) in [6, 6.07) is 5.46. The molecule has 1 aliphatic rings. The number of hydrogen-bond donors (Lipinski definition) is 1. The van der Waals surface area contributed by atoms with E-state index in [4.69, 9.17) is 9.47 Å². The van der Waals surface area contributed by atoms with E-state index in [0.717, 1.165) is 25.7 Å². The maximum Gasteiger partial charge on any atom is 0.270 e. The van der Waals surface area contributed by atoms with E-state index in [1.54, 1.807) is 31.6 Å². The third-order valence-electron chi connectivity index (χ3n) is 3.99. The minimum absolute atomic E-state index is 0.0782. The molecule has 0 bridgehead atoms. The molecule has 0 unspecified atom stereocenters. The van der Waals surface area contributed by atoms with Gasteiger partial charge in [0.1, 0.15) is 11.8 Å². The molecular formula is C17H20N4O3. The Kier molecular flexibility index (Phi) is 5.20. The fourth-order valence-corrected chi connectivity index (χ4v) is 2.74. The van der Waals surface area contributed by atoms with Crippen molar-refractivity contribution in [2.75, 3.05) is 7.11 Å². The minimum Gasteiger partial charge on any atom is -0.480 e. The second-order valence-corrected chi connectivity index (χ2v) is 5.68. The van der Waals surface area contributed by atoms with Gasteiger partial charge in [0.2, 0.25) is 11.8 Å². The molecule has 0 radical (unpaired) electrons. The van der Waals surface area contributed by atoms with Crippen molar-refractivity contribution in [3.8, 4) is 11.8 Å². The van der Waals surface area contributed by atoms with Gasteiger partial charge in [-0.15, -0.1) is 0 Å². The van der Waals surface area contributed by atoms with Crippen molar-refractivity contribution in [2.45, 2.75) is 37.8 Å².